The average molecular weight is 746 g/mol. The van der Waals surface area contributed by atoms with Crippen molar-refractivity contribution < 1.29 is 18.7 Å². The van der Waals surface area contributed by atoms with E-state index in [2.05, 4.69) is 62.0 Å². The molecule has 1 aliphatic carbocycles. The van der Waals surface area contributed by atoms with Crippen molar-refractivity contribution in [3.05, 3.63) is 89.0 Å². The number of amides is 2. The van der Waals surface area contributed by atoms with Crippen LogP contribution in [0.4, 0.5) is 10.2 Å². The predicted octanol–water partition coefficient (Wildman–Crippen LogP) is 6.10. The molecular formula is C42H48FN9O3. The summed E-state index contributed by atoms with van der Waals surface area (Å²) in [4.78, 5) is 43.3. The van der Waals surface area contributed by atoms with E-state index in [1.807, 2.05) is 22.8 Å². The van der Waals surface area contributed by atoms with Crippen LogP contribution in [0.5, 0.6) is 5.75 Å². The lowest BCUT2D eigenvalue weighted by Gasteiger charge is -2.36. The first kappa shape index (κ1) is 36.4. The Bertz CT molecular complexity index is 2270. The number of carbonyl (C=O) groups excluding carboxylic acids is 2. The van der Waals surface area contributed by atoms with Crippen molar-refractivity contribution in [2.45, 2.75) is 66.0 Å². The van der Waals surface area contributed by atoms with Crippen molar-refractivity contribution in [2.24, 2.45) is 5.92 Å². The first-order valence-corrected chi connectivity index (χ1v) is 19.4. The number of fused-ring (bicyclic) bond motifs is 1. The monoisotopic (exact) mass is 745 g/mol. The molecule has 0 spiro atoms. The molecule has 4 aromatic heterocycles. The number of halogens is 1. The predicted molar refractivity (Wildman–Crippen MR) is 209 cm³/mol. The number of aryl methyl sites for hydroxylation is 4. The molecule has 0 radical (unpaired) electrons. The van der Waals surface area contributed by atoms with E-state index in [9.17, 15) is 14.0 Å². The van der Waals surface area contributed by atoms with Crippen LogP contribution < -0.4 is 9.64 Å². The number of hydrogen-bond donors (Lipinski definition) is 0. The summed E-state index contributed by atoms with van der Waals surface area (Å²) in [5.41, 5.74) is 8.27. The maximum Gasteiger partial charge on any atom is 0.254 e. The van der Waals surface area contributed by atoms with Crippen molar-refractivity contribution in [1.82, 2.24) is 39.3 Å². The summed E-state index contributed by atoms with van der Waals surface area (Å²) < 4.78 is 23.9. The minimum Gasteiger partial charge on any atom is -0.493 e. The zero-order valence-electron chi connectivity index (χ0n) is 32.1. The van der Waals surface area contributed by atoms with Crippen LogP contribution in [0.3, 0.4) is 0 Å². The summed E-state index contributed by atoms with van der Waals surface area (Å²) >= 11 is 0. The Balaban J connectivity index is 1.14. The van der Waals surface area contributed by atoms with E-state index in [1.54, 1.807) is 24.0 Å². The van der Waals surface area contributed by atoms with Crippen LogP contribution in [0.25, 0.3) is 27.6 Å². The number of aromatic nitrogens is 6. The largest absolute Gasteiger partial charge is 0.493 e. The Labute approximate surface area is 320 Å². The molecule has 3 aliphatic rings. The molecule has 0 bridgehead atoms. The Morgan fingerprint density at radius 3 is 2.51 bits per heavy atom. The molecule has 6 heterocycles. The van der Waals surface area contributed by atoms with Gasteiger partial charge in [0, 0.05) is 104 Å². The third-order valence-corrected chi connectivity index (χ3v) is 11.2. The Kier molecular flexibility index (Phi) is 10.1. The molecule has 0 unspecified atom stereocenters. The third kappa shape index (κ3) is 7.44. The van der Waals surface area contributed by atoms with Crippen LogP contribution in [-0.4, -0.2) is 97.5 Å². The Morgan fingerprint density at radius 1 is 0.964 bits per heavy atom. The SMILES string of the molecule is CCc1nc(C)ccc1-c1cc(C(=O)N2CCN(c3nc(C)c(F)cc3OC)CC2)cc2cc(C3=CCCN(C(=O)CCn4ccnn4)C3)n(CC3CC3)c12. The Hall–Kier alpha value is -5.59. The van der Waals surface area contributed by atoms with E-state index in [1.165, 1.54) is 26.0 Å². The number of benzene rings is 1. The van der Waals surface area contributed by atoms with Gasteiger partial charge in [0.05, 0.1) is 31.1 Å². The molecule has 2 fully saturated rings. The molecule has 5 aromatic rings. The van der Waals surface area contributed by atoms with Gasteiger partial charge in [-0.3, -0.25) is 19.3 Å². The molecule has 1 saturated carbocycles. The molecule has 2 amide bonds. The summed E-state index contributed by atoms with van der Waals surface area (Å²) in [5.74, 6) is 1.22. The van der Waals surface area contributed by atoms with Gasteiger partial charge in [0.25, 0.3) is 5.91 Å². The van der Waals surface area contributed by atoms with Crippen molar-refractivity contribution in [3.8, 4) is 16.9 Å². The smallest absolute Gasteiger partial charge is 0.254 e. The molecule has 55 heavy (non-hydrogen) atoms. The van der Waals surface area contributed by atoms with Gasteiger partial charge in [-0.05, 0) is 75.3 Å². The standard InChI is InChI=1S/C42H48FN9O3/c1-5-36-33(11-8-27(2)45-36)34-22-32(42(54)49-19-17-48(18-20-49)41-38(55-4)24-35(43)28(3)46-41)21-31-23-37(52(40(31)34)25-29-9-10-29)30-7-6-14-50(26-30)39(53)12-15-51-16-13-44-47-51/h7-8,11,13,16,21-24,29H,5-6,9-10,12,14-15,17-20,25-26H2,1-4H3. The lowest BCUT2D eigenvalue weighted by Crippen LogP contribution is -2.49. The lowest BCUT2D eigenvalue weighted by molar-refractivity contribution is -0.131. The van der Waals surface area contributed by atoms with Crippen LogP contribution in [0.1, 0.15) is 65.7 Å². The van der Waals surface area contributed by atoms with Gasteiger partial charge in [0.1, 0.15) is 5.82 Å². The second-order valence-corrected chi connectivity index (χ2v) is 15.0. The normalized spacial score (nSPS) is 16.2. The first-order chi connectivity index (χ1) is 26.7. The second kappa shape index (κ2) is 15.3. The van der Waals surface area contributed by atoms with Gasteiger partial charge >= 0.3 is 0 Å². The number of anilines is 1. The third-order valence-electron chi connectivity index (χ3n) is 11.2. The summed E-state index contributed by atoms with van der Waals surface area (Å²) in [6, 6.07) is 11.9. The molecule has 1 aromatic carbocycles. The number of pyridine rings is 2. The molecular weight excluding hydrogens is 698 g/mol. The topological polar surface area (TPSA) is 115 Å². The molecule has 2 aliphatic heterocycles. The molecule has 1 saturated heterocycles. The van der Waals surface area contributed by atoms with Gasteiger partial charge in [-0.1, -0.05) is 24.3 Å². The molecule has 0 N–H and O–H groups in total. The van der Waals surface area contributed by atoms with Crippen LogP contribution in [0.2, 0.25) is 0 Å². The maximum absolute atomic E-state index is 14.5. The number of piperazine rings is 1. The highest BCUT2D eigenvalue weighted by Crippen LogP contribution is 2.41. The van der Waals surface area contributed by atoms with Gasteiger partial charge in [0.15, 0.2) is 11.6 Å². The van der Waals surface area contributed by atoms with Crippen molar-refractivity contribution >= 4 is 34.1 Å². The van der Waals surface area contributed by atoms with E-state index in [-0.39, 0.29) is 11.8 Å². The van der Waals surface area contributed by atoms with Crippen LogP contribution in [0, 0.1) is 25.6 Å². The van der Waals surface area contributed by atoms with E-state index >= 15 is 0 Å². The van der Waals surface area contributed by atoms with E-state index < -0.39 is 5.82 Å². The molecule has 12 nitrogen and oxygen atoms in total. The summed E-state index contributed by atoms with van der Waals surface area (Å²) in [5, 5.41) is 8.89. The quantitative estimate of drug-likeness (QED) is 0.160. The summed E-state index contributed by atoms with van der Waals surface area (Å²) in [6.45, 7) is 10.4. The van der Waals surface area contributed by atoms with E-state index in [0.717, 1.165) is 64.1 Å². The zero-order chi connectivity index (χ0) is 38.2. The number of methoxy groups -OCH3 is 1. The van der Waals surface area contributed by atoms with E-state index in [4.69, 9.17) is 9.72 Å². The highest BCUT2D eigenvalue weighted by Gasteiger charge is 2.30. The van der Waals surface area contributed by atoms with Gasteiger partial charge in [0.2, 0.25) is 5.91 Å². The maximum atomic E-state index is 14.5. The second-order valence-electron chi connectivity index (χ2n) is 15.0. The number of nitrogens with zero attached hydrogens (tertiary/aromatic N) is 9. The number of carbonyl (C=O) groups is 2. The molecule has 286 valence electrons. The lowest BCUT2D eigenvalue weighted by atomic mass is 9.96. The summed E-state index contributed by atoms with van der Waals surface area (Å²) in [6.07, 6.45) is 9.95. The number of rotatable bonds is 11. The van der Waals surface area contributed by atoms with Gasteiger partial charge < -0.3 is 24.0 Å². The van der Waals surface area contributed by atoms with Crippen molar-refractivity contribution in [1.29, 1.82) is 0 Å². The van der Waals surface area contributed by atoms with Crippen molar-refractivity contribution in [3.63, 3.8) is 0 Å². The summed E-state index contributed by atoms with van der Waals surface area (Å²) in [7, 11) is 1.52. The number of ether oxygens (including phenoxy) is 1. The Morgan fingerprint density at radius 2 is 1.78 bits per heavy atom. The first-order valence-electron chi connectivity index (χ1n) is 19.4. The zero-order valence-corrected chi connectivity index (χ0v) is 32.1. The minimum atomic E-state index is -0.408. The fourth-order valence-corrected chi connectivity index (χ4v) is 7.98. The average Bonchev–Trinajstić information content (AvgIpc) is 3.73. The highest BCUT2D eigenvalue weighted by atomic mass is 19.1. The fourth-order valence-electron chi connectivity index (χ4n) is 7.98. The van der Waals surface area contributed by atoms with Gasteiger partial charge in [-0.25, -0.2) is 9.37 Å². The van der Waals surface area contributed by atoms with E-state index in [0.29, 0.717) is 81.0 Å². The highest BCUT2D eigenvalue weighted by molar-refractivity contribution is 6.05. The van der Waals surface area contributed by atoms with Crippen LogP contribution in [-0.2, 0) is 24.3 Å². The molecule has 8 rings (SSSR count). The number of hydrogen-bond acceptors (Lipinski definition) is 8. The fraction of sp³-hybridized carbons (Fsp3) is 0.429. The van der Waals surface area contributed by atoms with Crippen LogP contribution >= 0.6 is 0 Å². The minimum absolute atomic E-state index is 0.0336. The van der Waals surface area contributed by atoms with Crippen LogP contribution in [0.15, 0.2) is 54.9 Å². The van der Waals surface area contributed by atoms with Crippen molar-refractivity contribution in [2.75, 3.05) is 51.3 Å². The van der Waals surface area contributed by atoms with Gasteiger partial charge in [-0.2, -0.15) is 0 Å². The molecule has 13 heteroatoms. The van der Waals surface area contributed by atoms with Gasteiger partial charge in [-0.15, -0.1) is 5.10 Å². The molecule has 0 atom stereocenters.